The summed E-state index contributed by atoms with van der Waals surface area (Å²) in [5.74, 6) is 33.0. The average Bonchev–Trinajstić information content (AvgIpc) is 0.830. The van der Waals surface area contributed by atoms with Crippen LogP contribution in [0.2, 0.25) is 0 Å². The molecule has 6 aliphatic rings. The third-order valence-electron chi connectivity index (χ3n) is 15.8. The molecule has 8 aromatic rings. The Bertz CT molecular complexity index is 4640. The van der Waals surface area contributed by atoms with Crippen molar-refractivity contribution >= 4 is 91.1 Å². The molecule has 0 atom stereocenters. The zero-order valence-electron chi connectivity index (χ0n) is 94.7. The highest BCUT2D eigenvalue weighted by molar-refractivity contribution is 14.1. The summed E-state index contributed by atoms with van der Waals surface area (Å²) in [6.07, 6.45) is 25.5. The topological polar surface area (TPSA) is 107 Å². The maximum absolute atomic E-state index is 11.4. The molecule has 0 amide bonds. The second-order valence-electron chi connectivity index (χ2n) is 24.3. The molecule has 0 unspecified atom stereocenters. The van der Waals surface area contributed by atoms with Crippen molar-refractivity contribution < 1.29 is 44.2 Å². The smallest absolute Gasteiger partial charge is 0.159 e. The van der Waals surface area contributed by atoms with Gasteiger partial charge in [0.15, 0.2) is 17.3 Å². The number of ether oxygens (including phenoxy) is 6. The van der Waals surface area contributed by atoms with E-state index in [0.29, 0.717) is 0 Å². The number of hydrogen-bond donors (Lipinski definition) is 1. The molecule has 0 N–H and O–H groups in total. The zero-order chi connectivity index (χ0) is 109. The van der Waals surface area contributed by atoms with E-state index in [1.54, 1.807) is 34.0 Å². The van der Waals surface area contributed by atoms with Crippen molar-refractivity contribution in [1.82, 2.24) is 0 Å². The van der Waals surface area contributed by atoms with Crippen molar-refractivity contribution in [3.63, 3.8) is 0 Å². The van der Waals surface area contributed by atoms with Crippen LogP contribution >= 0.6 is 73.7 Å². The predicted octanol–water partition coefficient (Wildman–Crippen LogP) is 37.6. The van der Waals surface area contributed by atoms with Crippen molar-refractivity contribution in [2.75, 3.05) is 45.9 Å². The summed E-state index contributed by atoms with van der Waals surface area (Å²) in [6, 6.07) is 47.8. The first kappa shape index (κ1) is 151. The quantitative estimate of drug-likeness (QED) is 0.0608. The van der Waals surface area contributed by atoms with Crippen LogP contribution < -0.4 is 28.4 Å². The number of aryl methyl sites for hydroxylation is 6. The third-order valence-corrected chi connectivity index (χ3v) is 17.8. The maximum Gasteiger partial charge on any atom is 0.159 e. The summed E-state index contributed by atoms with van der Waals surface area (Å²) in [7, 11) is 0. The molecule has 0 bridgehead atoms. The Morgan fingerprint density at radius 3 is 0.949 bits per heavy atom. The van der Waals surface area contributed by atoms with Crippen LogP contribution in [0.25, 0.3) is 0 Å². The molecule has 9 nitrogen and oxygen atoms in total. The molecule has 13 heteroatoms. The monoisotopic (exact) mass is 2190 g/mol. The van der Waals surface area contributed by atoms with Gasteiger partial charge in [-0.25, -0.2) is 0 Å². The fourth-order valence-electron chi connectivity index (χ4n) is 11.1. The lowest BCUT2D eigenvalue weighted by molar-refractivity contribution is 0.100. The number of thiol groups is 1. The van der Waals surface area contributed by atoms with Crippen LogP contribution in [0.5, 0.6) is 34.5 Å². The molecule has 8 aromatic carbocycles. The molecule has 6 heterocycles. The van der Waals surface area contributed by atoms with Gasteiger partial charge in [-0.2, -0.15) is 12.6 Å². The van der Waals surface area contributed by atoms with E-state index in [2.05, 4.69) is 164 Å². The Kier molecular flexibility index (Phi) is 127. The number of Topliss-reactive ketones (excluding diaryl/α,β-unsaturated/α-hetero) is 3. The molecule has 0 aliphatic carbocycles. The third kappa shape index (κ3) is 71.1. The molecule has 0 saturated heterocycles. The molecule has 6 aliphatic heterocycles. The van der Waals surface area contributed by atoms with E-state index < -0.39 is 0 Å². The minimum absolute atomic E-state index is 0.0764. The summed E-state index contributed by atoms with van der Waals surface area (Å²) < 4.78 is 42.7. The second-order valence-corrected chi connectivity index (χ2v) is 27.6. The van der Waals surface area contributed by atoms with Gasteiger partial charge >= 0.3 is 0 Å². The van der Waals surface area contributed by atoms with Crippen molar-refractivity contribution in [2.24, 2.45) is 0 Å². The maximum atomic E-state index is 11.4. The molecule has 14 rings (SSSR count). The van der Waals surface area contributed by atoms with Gasteiger partial charge in [0.25, 0.3) is 0 Å². The van der Waals surface area contributed by atoms with Gasteiger partial charge in [-0.05, 0) is 326 Å². The van der Waals surface area contributed by atoms with Crippen LogP contribution in [-0.4, -0.2) is 63.2 Å². The zero-order valence-corrected chi connectivity index (χ0v) is 100. The largest absolute Gasteiger partial charge is 0.493 e. The van der Waals surface area contributed by atoms with Crippen LogP contribution in [0.3, 0.4) is 0 Å². The number of carbonyl (C=O) groups is 3. The SMILES string of the molecule is Brc1ccc2c(c1)CCCO2.C#Cc1cc(C#CC)c2c(c1)CCCO2.C=C(C)C.CC.CC.CC.CC.CC.CC.CC.CC.CC.CC.CC.CC.CC.CC.CC.CC.CC#Cc1cc(C#Cc2ccccc2)cc2c1OCCC2.CC#Cc1cc(C(C)=O)cc2c1OCCC2.CC(=O)c1cc(I)c2c(c1)CCCO2.CC(=O)c1ccc2c(c1)CCCO2.CS.Ic1ccccc1.[3H]C#C. The van der Waals surface area contributed by atoms with Gasteiger partial charge in [-0.3, -0.25) is 14.4 Å². The molecule has 0 aromatic heterocycles. The van der Waals surface area contributed by atoms with Crippen LogP contribution in [0.15, 0.2) is 162 Å². The number of carbonyl (C=O) groups excluding carboxylic acids is 3. The Balaban J connectivity index is -0.000000127. The Hall–Kier alpha value is -9.04. The van der Waals surface area contributed by atoms with Crippen LogP contribution in [-0.2, 0) is 38.5 Å². The number of allylic oxidation sites excluding steroid dienone is 1. The first-order valence-electron chi connectivity index (χ1n) is 51.3. The predicted molar refractivity (Wildman–Crippen MR) is 636 cm³/mol. The van der Waals surface area contributed by atoms with Crippen molar-refractivity contribution in [3.8, 4) is 107 Å². The fourth-order valence-corrected chi connectivity index (χ4v) is 12.8. The van der Waals surface area contributed by atoms with E-state index in [1.165, 1.54) is 43.4 Å². The molecule has 0 spiro atoms. The van der Waals surface area contributed by atoms with Crippen LogP contribution in [0, 0.1) is 79.7 Å². The highest BCUT2D eigenvalue weighted by atomic mass is 127. The highest BCUT2D eigenvalue weighted by Crippen LogP contribution is 2.35. The van der Waals surface area contributed by atoms with Crippen LogP contribution in [0.1, 0.15) is 415 Å². The van der Waals surface area contributed by atoms with E-state index in [-0.39, 0.29) is 17.3 Å². The fraction of sp³-hybridized carbons (Fsp3) is 0.476. The van der Waals surface area contributed by atoms with Gasteiger partial charge in [-0.1, -0.05) is 315 Å². The van der Waals surface area contributed by atoms with Gasteiger partial charge in [0, 0.05) is 41.4 Å². The van der Waals surface area contributed by atoms with E-state index in [1.807, 2.05) is 371 Å². The highest BCUT2D eigenvalue weighted by Gasteiger charge is 2.20. The minimum Gasteiger partial charge on any atom is -0.493 e. The second kappa shape index (κ2) is 116. The summed E-state index contributed by atoms with van der Waals surface area (Å²) in [5, 5.41) is 0. The van der Waals surface area contributed by atoms with Gasteiger partial charge in [0.2, 0.25) is 0 Å². The van der Waals surface area contributed by atoms with E-state index in [4.69, 9.17) is 36.2 Å². The number of terminal acetylenes is 2. The van der Waals surface area contributed by atoms with Crippen molar-refractivity contribution in [1.29, 1.82) is 0 Å². The number of rotatable bonds is 3. The molecule has 0 saturated carbocycles. The van der Waals surface area contributed by atoms with Gasteiger partial charge < -0.3 is 28.4 Å². The number of fused-ring (bicyclic) bond motifs is 6. The molecular formula is C124H189BrI2O9S. The first-order chi connectivity index (χ1) is 67.3. The van der Waals surface area contributed by atoms with Gasteiger partial charge in [-0.15, -0.1) is 43.6 Å². The van der Waals surface area contributed by atoms with E-state index in [0.717, 1.165) is 215 Å². The molecular weight excluding hydrogens is 2000 g/mol. The summed E-state index contributed by atoms with van der Waals surface area (Å²) in [4.78, 5) is 33.7. The van der Waals surface area contributed by atoms with Crippen LogP contribution in [0.4, 0.5) is 0 Å². The Morgan fingerprint density at radius 1 is 0.343 bits per heavy atom. The standard InChI is InChI=1S/C20H16O.C14H14O2.C14H12O.C11H11IO2.C11H12O2.C9H9BrO.C6H5I.C4H8.16C2H6.C2H2.CH4S/c1-2-7-18-14-17(12-11-16-8-4-3-5-9-16)15-19-10-6-13-21-20(18)19;1-3-5-11-8-13(10(2)15)9-12-6-4-7-16-14(11)12;1-3-6-12-9-11(4-2)10-13-7-5-8-15-14(12)13;1-7(13)9-5-8-3-2-4-14-11(8)10(12)6-9;1-8(12)9-4-5-11-10(7-9)3-2-6-13-11;10-8-3-4-9-7(6-8)2-1-5-11-9;7-6-4-2-1-3-5-6;1-4(2)3;18*1-2/h3-5,8-9,14-15H,6,10,13H2,1H3;8-9H,4,6-7H2,1-2H3;2,9-10H,5,7-8H2,1H3;5-6H,2-4H2,1H3;4-5,7H,2-3,6H2,1H3;3-4,6H,1-2,5H2;1-5H;1H2,2-3H3;16*1-2H3;1-2H;2H,1H3/i;;;;;;;;;;;;;;;;;;;;;;;;1T;. The summed E-state index contributed by atoms with van der Waals surface area (Å²) >= 11 is 11.5. The number of ketones is 3. The average molecular weight is 2190 g/mol. The lowest BCUT2D eigenvalue weighted by atomic mass is 9.97. The molecule has 137 heavy (non-hydrogen) atoms. The lowest BCUT2D eigenvalue weighted by Gasteiger charge is -2.19. The van der Waals surface area contributed by atoms with Crippen molar-refractivity contribution in [3.05, 3.63) is 253 Å². The van der Waals surface area contributed by atoms with Crippen molar-refractivity contribution in [2.45, 2.75) is 354 Å². The normalized spacial score (nSPS) is 10.3. The number of benzene rings is 8. The summed E-state index contributed by atoms with van der Waals surface area (Å²) in [5.41, 5.74) is 16.3. The lowest BCUT2D eigenvalue weighted by Crippen LogP contribution is -2.11. The number of halogens is 3. The summed E-state index contributed by atoms with van der Waals surface area (Å²) in [6.45, 7) is 86.5. The Labute approximate surface area is 887 Å². The van der Waals surface area contributed by atoms with Gasteiger partial charge in [0.05, 0.1) is 59.9 Å². The number of hydrogen-bond acceptors (Lipinski definition) is 10. The van der Waals surface area contributed by atoms with E-state index >= 15 is 0 Å². The van der Waals surface area contributed by atoms with E-state index in [9.17, 15) is 14.4 Å². The first-order valence-corrected chi connectivity index (χ1v) is 54.6. The Morgan fingerprint density at radius 2 is 0.613 bits per heavy atom. The molecule has 766 valence electrons. The molecule has 0 fully saturated rings. The minimum atomic E-state index is 0.0764. The van der Waals surface area contributed by atoms with Gasteiger partial charge in [0.1, 0.15) is 35.9 Å². The molecule has 0 radical (unpaired) electrons.